The van der Waals surface area contributed by atoms with Crippen LogP contribution in [0.3, 0.4) is 0 Å². The monoisotopic (exact) mass is 673 g/mol. The molecule has 2 saturated heterocycles. The summed E-state index contributed by atoms with van der Waals surface area (Å²) < 4.78 is 31.4. The van der Waals surface area contributed by atoms with Gasteiger partial charge in [0.25, 0.3) is 0 Å². The van der Waals surface area contributed by atoms with E-state index in [4.69, 9.17) is 19.2 Å². The highest BCUT2D eigenvalue weighted by Gasteiger charge is 2.42. The molecule has 3 aliphatic rings. The van der Waals surface area contributed by atoms with Crippen molar-refractivity contribution in [1.82, 2.24) is 10.3 Å². The van der Waals surface area contributed by atoms with Gasteiger partial charge in [0, 0.05) is 62.1 Å². The van der Waals surface area contributed by atoms with Crippen molar-refractivity contribution in [2.45, 2.75) is 103 Å². The van der Waals surface area contributed by atoms with E-state index < -0.39 is 17.7 Å². The molecule has 3 heterocycles. The minimum atomic E-state index is -1.17. The highest BCUT2D eigenvalue weighted by atomic mass is 19.1. The number of nitrogens with one attached hydrogen (secondary N) is 1. The summed E-state index contributed by atoms with van der Waals surface area (Å²) in [4.78, 5) is 20.6. The fourth-order valence-electron chi connectivity index (χ4n) is 7.60. The lowest BCUT2D eigenvalue weighted by Crippen LogP contribution is -2.44. The van der Waals surface area contributed by atoms with Gasteiger partial charge in [0.15, 0.2) is 6.10 Å². The van der Waals surface area contributed by atoms with Crippen molar-refractivity contribution in [2.24, 2.45) is 5.41 Å². The summed E-state index contributed by atoms with van der Waals surface area (Å²) in [7, 11) is 0. The van der Waals surface area contributed by atoms with Crippen molar-refractivity contribution in [1.29, 1.82) is 0 Å². The molecule has 1 atom stereocenters. The number of hydrogen-bond donors (Lipinski definition) is 2. The van der Waals surface area contributed by atoms with Crippen LogP contribution in [0.2, 0.25) is 0 Å². The van der Waals surface area contributed by atoms with Crippen molar-refractivity contribution >= 4 is 11.7 Å². The van der Waals surface area contributed by atoms with Gasteiger partial charge in [0.05, 0.1) is 23.6 Å². The first-order valence-electron chi connectivity index (χ1n) is 18.0. The highest BCUT2D eigenvalue weighted by Crippen LogP contribution is 2.51. The number of anilines is 1. The molecule has 0 unspecified atom stereocenters. The highest BCUT2D eigenvalue weighted by molar-refractivity contribution is 5.88. The molecule has 1 aromatic heterocycles. The van der Waals surface area contributed by atoms with E-state index in [1.165, 1.54) is 31.4 Å². The molecule has 2 aromatic carbocycles. The van der Waals surface area contributed by atoms with Gasteiger partial charge in [0.1, 0.15) is 11.6 Å². The number of benzene rings is 2. The Morgan fingerprint density at radius 3 is 2.33 bits per heavy atom. The Kier molecular flexibility index (Phi) is 10.9. The molecule has 3 aromatic rings. The Hall–Kier alpha value is -3.53. The van der Waals surface area contributed by atoms with E-state index >= 15 is 0 Å². The number of aromatic nitrogens is 1. The lowest BCUT2D eigenvalue weighted by atomic mass is 9.63. The largest absolute Gasteiger partial charge is 0.493 e. The molecule has 2 N–H and O–H groups in total. The number of aliphatic carboxylic acids is 1. The zero-order valence-electron chi connectivity index (χ0n) is 29.5. The van der Waals surface area contributed by atoms with Gasteiger partial charge in [-0.1, -0.05) is 30.7 Å². The SMILES string of the molecule is Cc1nc(CNC2CCOCC2)c(-c2ccc(OCCc3ccc(F)cc3)cc2)c(N2CCC3(CCC3)CC2)c1[C@H](OC(C)(C)C)C(=O)O. The lowest BCUT2D eigenvalue weighted by Gasteiger charge is -2.49. The van der Waals surface area contributed by atoms with Crippen LogP contribution in [0.25, 0.3) is 11.1 Å². The molecule has 0 amide bonds. The topological polar surface area (TPSA) is 93.2 Å². The van der Waals surface area contributed by atoms with Crippen LogP contribution in [0.15, 0.2) is 48.5 Å². The maximum atomic E-state index is 13.3. The Bertz CT molecular complexity index is 1570. The number of carboxylic acid groups (broad SMARTS) is 1. The third-order valence-corrected chi connectivity index (χ3v) is 10.5. The minimum absolute atomic E-state index is 0.248. The van der Waals surface area contributed by atoms with Crippen molar-refractivity contribution in [3.8, 4) is 16.9 Å². The van der Waals surface area contributed by atoms with Gasteiger partial charge in [-0.25, -0.2) is 9.18 Å². The summed E-state index contributed by atoms with van der Waals surface area (Å²) in [5.41, 5.74) is 5.81. The van der Waals surface area contributed by atoms with Gasteiger partial charge in [-0.05, 0) is 107 Å². The average molecular weight is 674 g/mol. The van der Waals surface area contributed by atoms with Crippen LogP contribution in [0.5, 0.6) is 5.75 Å². The summed E-state index contributed by atoms with van der Waals surface area (Å²) in [5.74, 6) is -0.529. The van der Waals surface area contributed by atoms with E-state index in [1.54, 1.807) is 12.1 Å². The third-order valence-electron chi connectivity index (χ3n) is 10.5. The molecule has 1 saturated carbocycles. The second-order valence-electron chi connectivity index (χ2n) is 15.1. The predicted octanol–water partition coefficient (Wildman–Crippen LogP) is 7.80. The summed E-state index contributed by atoms with van der Waals surface area (Å²) in [6.07, 6.45) is 7.44. The molecule has 9 heteroatoms. The van der Waals surface area contributed by atoms with Crippen molar-refractivity contribution < 1.29 is 28.5 Å². The van der Waals surface area contributed by atoms with Crippen LogP contribution in [-0.2, 0) is 27.2 Å². The molecule has 264 valence electrons. The van der Waals surface area contributed by atoms with Crippen LogP contribution < -0.4 is 15.0 Å². The minimum Gasteiger partial charge on any atom is -0.493 e. The second-order valence-corrected chi connectivity index (χ2v) is 15.1. The van der Waals surface area contributed by atoms with Crippen molar-refractivity contribution in [2.75, 3.05) is 37.8 Å². The second kappa shape index (κ2) is 15.2. The fraction of sp³-hybridized carbons (Fsp3) is 0.550. The Labute approximate surface area is 290 Å². The van der Waals surface area contributed by atoms with Crippen LogP contribution in [-0.4, -0.2) is 60.6 Å². The Morgan fingerprint density at radius 2 is 1.73 bits per heavy atom. The molecule has 1 spiro atoms. The zero-order chi connectivity index (χ0) is 34.6. The number of hydrogen-bond acceptors (Lipinski definition) is 7. The molecule has 3 fully saturated rings. The average Bonchev–Trinajstić information content (AvgIpc) is 3.07. The Balaban J connectivity index is 1.39. The molecular formula is C40H52FN3O5. The zero-order valence-corrected chi connectivity index (χ0v) is 29.5. The maximum absolute atomic E-state index is 13.3. The maximum Gasteiger partial charge on any atom is 0.337 e. The van der Waals surface area contributed by atoms with E-state index in [0.29, 0.717) is 42.3 Å². The lowest BCUT2D eigenvalue weighted by molar-refractivity contribution is -0.160. The molecule has 1 aliphatic carbocycles. The number of carbonyl (C=O) groups is 1. The van der Waals surface area contributed by atoms with E-state index in [9.17, 15) is 14.3 Å². The van der Waals surface area contributed by atoms with E-state index in [2.05, 4.69) is 22.3 Å². The van der Waals surface area contributed by atoms with Crippen LogP contribution in [0, 0.1) is 18.2 Å². The molecule has 8 nitrogen and oxygen atoms in total. The number of aryl methyl sites for hydroxylation is 1. The van der Waals surface area contributed by atoms with E-state index in [1.807, 2.05) is 39.8 Å². The number of ether oxygens (including phenoxy) is 3. The van der Waals surface area contributed by atoms with Gasteiger partial charge in [-0.3, -0.25) is 4.98 Å². The number of nitrogens with zero attached hydrogens (tertiary/aromatic N) is 2. The van der Waals surface area contributed by atoms with E-state index in [0.717, 1.165) is 85.8 Å². The molecule has 0 radical (unpaired) electrons. The van der Waals surface area contributed by atoms with Crippen LogP contribution in [0.4, 0.5) is 10.1 Å². The summed E-state index contributed by atoms with van der Waals surface area (Å²) >= 11 is 0. The molecular weight excluding hydrogens is 621 g/mol. The van der Waals surface area contributed by atoms with Crippen LogP contribution in [0.1, 0.15) is 94.3 Å². The molecule has 0 bridgehead atoms. The fourth-order valence-corrected chi connectivity index (χ4v) is 7.60. The smallest absolute Gasteiger partial charge is 0.337 e. The van der Waals surface area contributed by atoms with Gasteiger partial charge in [-0.15, -0.1) is 0 Å². The van der Waals surface area contributed by atoms with Crippen molar-refractivity contribution in [3.63, 3.8) is 0 Å². The number of pyridine rings is 1. The Morgan fingerprint density at radius 1 is 1.06 bits per heavy atom. The van der Waals surface area contributed by atoms with Gasteiger partial charge in [0.2, 0.25) is 0 Å². The summed E-state index contributed by atoms with van der Waals surface area (Å²) in [5, 5.41) is 14.4. The molecule has 2 aliphatic heterocycles. The van der Waals surface area contributed by atoms with E-state index in [-0.39, 0.29) is 5.82 Å². The first kappa shape index (κ1) is 35.3. The first-order valence-corrected chi connectivity index (χ1v) is 18.0. The normalized spacial score (nSPS) is 18.7. The number of piperidine rings is 1. The number of carboxylic acids is 1. The summed E-state index contributed by atoms with van der Waals surface area (Å²) in [6, 6.07) is 14.9. The number of rotatable bonds is 12. The van der Waals surface area contributed by atoms with Gasteiger partial charge < -0.3 is 29.5 Å². The number of halogens is 1. The standard InChI is InChI=1S/C40H52FN3O5/c1-27-34(37(38(45)46)49-39(2,3)4)36(44-21-19-40(20-22-44)17-5-18-40)35(33(43-27)26-42-31-15-23-47-24-16-31)29-8-12-32(13-9-29)48-25-14-28-6-10-30(41)11-7-28/h6-13,31,37,42H,5,14-26H2,1-4H3,(H,45,46)/t37-/m0/s1. The summed E-state index contributed by atoms with van der Waals surface area (Å²) in [6.45, 7) is 11.8. The van der Waals surface area contributed by atoms with Gasteiger partial charge >= 0.3 is 5.97 Å². The predicted molar refractivity (Wildman–Crippen MR) is 190 cm³/mol. The van der Waals surface area contributed by atoms with Crippen LogP contribution >= 0.6 is 0 Å². The third kappa shape index (κ3) is 8.62. The first-order chi connectivity index (χ1) is 23.5. The molecule has 6 rings (SSSR count). The van der Waals surface area contributed by atoms with Gasteiger partial charge in [-0.2, -0.15) is 0 Å². The molecule has 49 heavy (non-hydrogen) atoms. The van der Waals surface area contributed by atoms with Crippen molar-refractivity contribution in [3.05, 3.63) is 76.9 Å². The quantitative estimate of drug-likeness (QED) is 0.201.